The van der Waals surface area contributed by atoms with Crippen molar-refractivity contribution in [1.82, 2.24) is 8.61 Å². The van der Waals surface area contributed by atoms with E-state index >= 15 is 0 Å². The van der Waals surface area contributed by atoms with E-state index in [0.29, 0.717) is 45.6 Å². The molecule has 3 aliphatic rings. The minimum absolute atomic E-state index is 0.350. The van der Waals surface area contributed by atoms with Crippen LogP contribution in [0.4, 0.5) is 0 Å². The third-order valence-corrected chi connectivity index (χ3v) is 7.84. The summed E-state index contributed by atoms with van der Waals surface area (Å²) in [7, 11) is -1.63. The van der Waals surface area contributed by atoms with Gasteiger partial charge in [0.05, 0.1) is 19.3 Å². The Bertz CT molecular complexity index is 735. The van der Waals surface area contributed by atoms with Crippen molar-refractivity contribution in [3.8, 4) is 5.75 Å². The molecule has 0 amide bonds. The van der Waals surface area contributed by atoms with Gasteiger partial charge in [0.25, 0.3) is 10.2 Å². The van der Waals surface area contributed by atoms with Gasteiger partial charge in [-0.15, -0.1) is 0 Å². The Morgan fingerprint density at radius 1 is 1.08 bits per heavy atom. The van der Waals surface area contributed by atoms with Crippen molar-refractivity contribution in [3.05, 3.63) is 29.3 Å². The van der Waals surface area contributed by atoms with E-state index in [4.69, 9.17) is 9.47 Å². The van der Waals surface area contributed by atoms with Gasteiger partial charge < -0.3 is 9.47 Å². The van der Waals surface area contributed by atoms with Crippen LogP contribution >= 0.6 is 0 Å². The number of fused-ring (bicyclic) bond motifs is 2. The monoisotopic (exact) mass is 366 g/mol. The average Bonchev–Trinajstić information content (AvgIpc) is 3.18. The van der Waals surface area contributed by atoms with E-state index in [1.54, 1.807) is 15.7 Å². The van der Waals surface area contributed by atoms with E-state index in [2.05, 4.69) is 12.1 Å². The molecule has 6 nitrogen and oxygen atoms in total. The highest BCUT2D eigenvalue weighted by Crippen LogP contribution is 2.43. The van der Waals surface area contributed by atoms with Crippen LogP contribution in [0.15, 0.2) is 18.2 Å². The number of benzene rings is 1. The molecule has 1 aromatic rings. The van der Waals surface area contributed by atoms with E-state index in [9.17, 15) is 8.42 Å². The number of hydrogen-bond donors (Lipinski definition) is 0. The molecule has 0 bridgehead atoms. The van der Waals surface area contributed by atoms with Crippen molar-refractivity contribution in [2.24, 2.45) is 0 Å². The summed E-state index contributed by atoms with van der Waals surface area (Å²) in [5.41, 5.74) is 2.12. The van der Waals surface area contributed by atoms with E-state index < -0.39 is 10.2 Å². The molecule has 0 saturated carbocycles. The lowest BCUT2D eigenvalue weighted by atomic mass is 9.80. The molecule has 0 N–H and O–H groups in total. The predicted octanol–water partition coefficient (Wildman–Crippen LogP) is 1.90. The molecule has 3 aliphatic heterocycles. The largest absolute Gasteiger partial charge is 0.497 e. The second kappa shape index (κ2) is 6.54. The molecule has 0 unspecified atom stereocenters. The van der Waals surface area contributed by atoms with Crippen LogP contribution in [0.2, 0.25) is 0 Å². The van der Waals surface area contributed by atoms with Gasteiger partial charge in [-0.25, -0.2) is 0 Å². The summed E-state index contributed by atoms with van der Waals surface area (Å²) in [5.74, 6) is 0.866. The number of methoxy groups -OCH3 is 1. The first kappa shape index (κ1) is 17.3. The van der Waals surface area contributed by atoms with Crippen molar-refractivity contribution in [2.75, 3.05) is 39.9 Å². The summed E-state index contributed by atoms with van der Waals surface area (Å²) < 4.78 is 40.4. The standard InChI is InChI=1S/C18H26N2O4S/c1-23-16-4-5-17-15(14-16)6-13-24-18(17)7-11-20(12-8-18)25(21,22)19-9-2-3-10-19/h4-5,14H,2-3,6-13H2,1H3. The lowest BCUT2D eigenvalue weighted by Crippen LogP contribution is -2.51. The molecule has 1 spiro atoms. The number of hydrogen-bond acceptors (Lipinski definition) is 4. The Morgan fingerprint density at radius 3 is 2.44 bits per heavy atom. The average molecular weight is 366 g/mol. The molecular formula is C18H26N2O4S. The fraction of sp³-hybridized carbons (Fsp3) is 0.667. The van der Waals surface area contributed by atoms with Crippen molar-refractivity contribution in [1.29, 1.82) is 0 Å². The maximum Gasteiger partial charge on any atom is 0.281 e. The zero-order valence-corrected chi connectivity index (χ0v) is 15.6. The van der Waals surface area contributed by atoms with Crippen molar-refractivity contribution < 1.29 is 17.9 Å². The molecule has 138 valence electrons. The lowest BCUT2D eigenvalue weighted by molar-refractivity contribution is -0.0895. The first-order chi connectivity index (χ1) is 12.0. The Balaban J connectivity index is 1.54. The van der Waals surface area contributed by atoms with Gasteiger partial charge >= 0.3 is 0 Å². The Morgan fingerprint density at radius 2 is 1.76 bits per heavy atom. The maximum absolute atomic E-state index is 12.8. The quantitative estimate of drug-likeness (QED) is 0.820. The Labute approximate surface area is 149 Å². The second-order valence-electron chi connectivity index (χ2n) is 7.13. The number of nitrogens with zero attached hydrogens (tertiary/aromatic N) is 2. The minimum Gasteiger partial charge on any atom is -0.497 e. The molecule has 4 rings (SSSR count). The zero-order chi connectivity index (χ0) is 17.5. The summed E-state index contributed by atoms with van der Waals surface area (Å²) in [6, 6.07) is 6.16. The van der Waals surface area contributed by atoms with Crippen LogP contribution in [0.3, 0.4) is 0 Å². The van der Waals surface area contributed by atoms with Crippen molar-refractivity contribution >= 4 is 10.2 Å². The van der Waals surface area contributed by atoms with Crippen LogP contribution in [0.1, 0.15) is 36.8 Å². The SMILES string of the molecule is COc1ccc2c(c1)CCOC21CCN(S(=O)(=O)N2CCCC2)CC1. The van der Waals surface area contributed by atoms with Gasteiger partial charge in [-0.1, -0.05) is 6.07 Å². The normalized spacial score (nSPS) is 24.4. The highest BCUT2D eigenvalue weighted by Gasteiger charge is 2.44. The smallest absolute Gasteiger partial charge is 0.281 e. The molecule has 2 saturated heterocycles. The minimum atomic E-state index is -3.31. The molecule has 0 atom stereocenters. The molecule has 0 radical (unpaired) electrons. The summed E-state index contributed by atoms with van der Waals surface area (Å²) in [6.07, 6.45) is 4.23. The summed E-state index contributed by atoms with van der Waals surface area (Å²) in [4.78, 5) is 0. The summed E-state index contributed by atoms with van der Waals surface area (Å²) >= 11 is 0. The lowest BCUT2D eigenvalue weighted by Gasteiger charge is -2.45. The van der Waals surface area contributed by atoms with Gasteiger partial charge in [0, 0.05) is 26.2 Å². The molecule has 7 heteroatoms. The Kier molecular flexibility index (Phi) is 4.52. The molecular weight excluding hydrogens is 340 g/mol. The molecule has 0 aliphatic carbocycles. The molecule has 1 aromatic carbocycles. The topological polar surface area (TPSA) is 59.1 Å². The first-order valence-electron chi connectivity index (χ1n) is 9.12. The van der Waals surface area contributed by atoms with Gasteiger partial charge in [0.2, 0.25) is 0 Å². The third-order valence-electron chi connectivity index (χ3n) is 5.80. The molecule has 0 aromatic heterocycles. The van der Waals surface area contributed by atoms with E-state index in [1.807, 2.05) is 6.07 Å². The highest BCUT2D eigenvalue weighted by atomic mass is 32.2. The van der Waals surface area contributed by atoms with Crippen molar-refractivity contribution in [2.45, 2.75) is 37.7 Å². The maximum atomic E-state index is 12.8. The highest BCUT2D eigenvalue weighted by molar-refractivity contribution is 7.86. The molecule has 25 heavy (non-hydrogen) atoms. The summed E-state index contributed by atoms with van der Waals surface area (Å²) in [5, 5.41) is 0. The number of piperidine rings is 1. The van der Waals surface area contributed by atoms with Gasteiger partial charge in [-0.3, -0.25) is 0 Å². The molecule has 3 heterocycles. The van der Waals surface area contributed by atoms with Crippen LogP contribution in [0.25, 0.3) is 0 Å². The van der Waals surface area contributed by atoms with Crippen LogP contribution in [0.5, 0.6) is 5.75 Å². The van der Waals surface area contributed by atoms with Crippen LogP contribution in [-0.2, 0) is 27.0 Å². The molecule has 2 fully saturated rings. The van der Waals surface area contributed by atoms with Gasteiger partial charge in [0.15, 0.2) is 0 Å². The van der Waals surface area contributed by atoms with E-state index in [0.717, 1.165) is 25.0 Å². The second-order valence-corrected chi connectivity index (χ2v) is 9.06. The zero-order valence-electron chi connectivity index (χ0n) is 14.7. The van der Waals surface area contributed by atoms with Crippen LogP contribution in [0, 0.1) is 0 Å². The fourth-order valence-electron chi connectivity index (χ4n) is 4.36. The van der Waals surface area contributed by atoms with Gasteiger partial charge in [0.1, 0.15) is 5.75 Å². The van der Waals surface area contributed by atoms with Gasteiger partial charge in [-0.2, -0.15) is 17.0 Å². The number of ether oxygens (including phenoxy) is 2. The van der Waals surface area contributed by atoms with E-state index in [-0.39, 0.29) is 5.60 Å². The number of rotatable bonds is 3. The van der Waals surface area contributed by atoms with E-state index in [1.165, 1.54) is 11.1 Å². The van der Waals surface area contributed by atoms with Crippen LogP contribution in [-0.4, -0.2) is 56.9 Å². The summed E-state index contributed by atoms with van der Waals surface area (Å²) in [6.45, 7) is 3.03. The Hall–Kier alpha value is -1.15. The first-order valence-corrected chi connectivity index (χ1v) is 10.5. The fourth-order valence-corrected chi connectivity index (χ4v) is 6.05. The van der Waals surface area contributed by atoms with Gasteiger partial charge in [-0.05, 0) is 55.4 Å². The van der Waals surface area contributed by atoms with Crippen LogP contribution < -0.4 is 4.74 Å². The third kappa shape index (κ3) is 2.97. The predicted molar refractivity (Wildman–Crippen MR) is 94.9 cm³/mol. The van der Waals surface area contributed by atoms with Crippen molar-refractivity contribution in [3.63, 3.8) is 0 Å².